The maximum Gasteiger partial charge on any atom is 0.405 e. The van der Waals surface area contributed by atoms with Gasteiger partial charge in [-0.15, -0.1) is 0 Å². The lowest BCUT2D eigenvalue weighted by Gasteiger charge is -2.26. The third-order valence-corrected chi connectivity index (χ3v) is 2.84. The van der Waals surface area contributed by atoms with Gasteiger partial charge in [0.15, 0.2) is 0 Å². The first-order chi connectivity index (χ1) is 7.18. The quantitative estimate of drug-likeness (QED) is 0.614. The average molecular weight is 206 g/mol. The number of carboxylic acid groups (broad SMARTS) is 1. The average Bonchev–Trinajstić information content (AvgIpc) is 2.19. The summed E-state index contributed by atoms with van der Waals surface area (Å²) in [6, 6.07) is 5.58. The molecule has 0 aliphatic heterocycles. The van der Waals surface area contributed by atoms with Gasteiger partial charge in [0, 0.05) is 5.69 Å². The molecule has 0 radical (unpaired) electrons. The number of carbonyl (C=O) groups is 1. The van der Waals surface area contributed by atoms with Gasteiger partial charge in [-0.25, -0.2) is 4.79 Å². The predicted molar refractivity (Wildman–Crippen MR) is 57.7 cm³/mol. The van der Waals surface area contributed by atoms with Crippen LogP contribution in [0.15, 0.2) is 18.2 Å². The summed E-state index contributed by atoms with van der Waals surface area (Å²) >= 11 is 0. The number of rotatable bonds is 1. The SMILES string of the molecule is Nc1cccc2c1CCCC2NC(=O)O. The van der Waals surface area contributed by atoms with Crippen molar-refractivity contribution < 1.29 is 9.90 Å². The zero-order chi connectivity index (χ0) is 10.8. The Labute approximate surface area is 88.1 Å². The van der Waals surface area contributed by atoms with Crippen molar-refractivity contribution in [3.05, 3.63) is 29.3 Å². The lowest BCUT2D eigenvalue weighted by Crippen LogP contribution is -2.29. The van der Waals surface area contributed by atoms with Crippen molar-refractivity contribution in [2.24, 2.45) is 0 Å². The highest BCUT2D eigenvalue weighted by molar-refractivity contribution is 5.66. The molecule has 1 unspecified atom stereocenters. The van der Waals surface area contributed by atoms with Crippen LogP contribution >= 0.6 is 0 Å². The molecule has 1 atom stereocenters. The minimum absolute atomic E-state index is 0.102. The standard InChI is InChI=1S/C11H14N2O2/c12-9-5-1-4-8-7(9)3-2-6-10(8)13-11(14)15/h1,4-5,10,13H,2-3,6,12H2,(H,14,15). The van der Waals surface area contributed by atoms with E-state index in [1.807, 2.05) is 18.2 Å². The predicted octanol–water partition coefficient (Wildman–Crippen LogP) is 1.91. The summed E-state index contributed by atoms with van der Waals surface area (Å²) in [5.41, 5.74) is 8.76. The zero-order valence-electron chi connectivity index (χ0n) is 8.36. The molecular weight excluding hydrogens is 192 g/mol. The zero-order valence-corrected chi connectivity index (χ0v) is 8.36. The number of hydrogen-bond acceptors (Lipinski definition) is 2. The first kappa shape index (κ1) is 9.83. The third kappa shape index (κ3) is 1.88. The summed E-state index contributed by atoms with van der Waals surface area (Å²) in [5.74, 6) is 0. The van der Waals surface area contributed by atoms with Gasteiger partial charge >= 0.3 is 6.09 Å². The highest BCUT2D eigenvalue weighted by atomic mass is 16.4. The molecule has 15 heavy (non-hydrogen) atoms. The maximum atomic E-state index is 10.6. The molecule has 1 aliphatic carbocycles. The van der Waals surface area contributed by atoms with E-state index in [0.29, 0.717) is 0 Å². The van der Waals surface area contributed by atoms with Crippen molar-refractivity contribution in [3.8, 4) is 0 Å². The van der Waals surface area contributed by atoms with Gasteiger partial charge in [-0.05, 0) is 36.5 Å². The summed E-state index contributed by atoms with van der Waals surface area (Å²) in [6.07, 6.45) is 1.80. The molecule has 0 bridgehead atoms. The van der Waals surface area contributed by atoms with E-state index >= 15 is 0 Å². The fourth-order valence-corrected chi connectivity index (χ4v) is 2.18. The van der Waals surface area contributed by atoms with Crippen LogP contribution in [0.1, 0.15) is 30.0 Å². The van der Waals surface area contributed by atoms with Gasteiger partial charge in [0.1, 0.15) is 0 Å². The Morgan fingerprint density at radius 1 is 1.53 bits per heavy atom. The minimum Gasteiger partial charge on any atom is -0.465 e. The van der Waals surface area contributed by atoms with Gasteiger partial charge in [0.25, 0.3) is 0 Å². The molecule has 0 aromatic heterocycles. The van der Waals surface area contributed by atoms with Crippen molar-refractivity contribution in [1.29, 1.82) is 0 Å². The molecule has 0 fully saturated rings. The Morgan fingerprint density at radius 2 is 2.33 bits per heavy atom. The van der Waals surface area contributed by atoms with Crippen molar-refractivity contribution in [2.75, 3.05) is 5.73 Å². The van der Waals surface area contributed by atoms with Crippen LogP contribution in [-0.4, -0.2) is 11.2 Å². The molecule has 1 amide bonds. The van der Waals surface area contributed by atoms with Crippen molar-refractivity contribution in [3.63, 3.8) is 0 Å². The van der Waals surface area contributed by atoms with Crippen LogP contribution in [0.5, 0.6) is 0 Å². The maximum absolute atomic E-state index is 10.6. The summed E-state index contributed by atoms with van der Waals surface area (Å²) in [6.45, 7) is 0. The van der Waals surface area contributed by atoms with Crippen LogP contribution in [0.2, 0.25) is 0 Å². The number of nitrogen functional groups attached to an aromatic ring is 1. The number of benzene rings is 1. The van der Waals surface area contributed by atoms with E-state index in [4.69, 9.17) is 10.8 Å². The van der Waals surface area contributed by atoms with Crippen LogP contribution in [-0.2, 0) is 6.42 Å². The lowest BCUT2D eigenvalue weighted by atomic mass is 9.87. The summed E-state index contributed by atoms with van der Waals surface area (Å²) in [4.78, 5) is 10.6. The van der Waals surface area contributed by atoms with Gasteiger partial charge in [0.2, 0.25) is 0 Å². The Morgan fingerprint density at radius 3 is 3.07 bits per heavy atom. The van der Waals surface area contributed by atoms with E-state index in [1.54, 1.807) is 0 Å². The van der Waals surface area contributed by atoms with Crippen molar-refractivity contribution >= 4 is 11.8 Å². The first-order valence-corrected chi connectivity index (χ1v) is 5.05. The number of anilines is 1. The van der Waals surface area contributed by atoms with E-state index in [2.05, 4.69) is 5.32 Å². The Balaban J connectivity index is 2.34. The molecule has 0 saturated carbocycles. The van der Waals surface area contributed by atoms with E-state index in [1.165, 1.54) is 0 Å². The van der Waals surface area contributed by atoms with Gasteiger partial charge in [-0.1, -0.05) is 12.1 Å². The van der Waals surface area contributed by atoms with Gasteiger partial charge < -0.3 is 16.2 Å². The van der Waals surface area contributed by atoms with E-state index in [9.17, 15) is 4.79 Å². The summed E-state index contributed by atoms with van der Waals surface area (Å²) in [7, 11) is 0. The van der Waals surface area contributed by atoms with Crippen molar-refractivity contribution in [1.82, 2.24) is 5.32 Å². The monoisotopic (exact) mass is 206 g/mol. The van der Waals surface area contributed by atoms with Crippen LogP contribution < -0.4 is 11.1 Å². The van der Waals surface area contributed by atoms with Gasteiger partial charge in [0.05, 0.1) is 6.04 Å². The topological polar surface area (TPSA) is 75.3 Å². The molecule has 1 aromatic rings. The highest BCUT2D eigenvalue weighted by Gasteiger charge is 2.22. The molecule has 0 saturated heterocycles. The normalized spacial score (nSPS) is 19.3. The fourth-order valence-electron chi connectivity index (χ4n) is 2.18. The van der Waals surface area contributed by atoms with Crippen LogP contribution in [0.3, 0.4) is 0 Å². The van der Waals surface area contributed by atoms with E-state index < -0.39 is 6.09 Å². The summed E-state index contributed by atoms with van der Waals surface area (Å²) in [5, 5.41) is 11.2. The molecule has 4 nitrogen and oxygen atoms in total. The van der Waals surface area contributed by atoms with Crippen LogP contribution in [0, 0.1) is 0 Å². The van der Waals surface area contributed by atoms with Gasteiger partial charge in [-0.3, -0.25) is 0 Å². The van der Waals surface area contributed by atoms with Crippen molar-refractivity contribution in [2.45, 2.75) is 25.3 Å². The van der Waals surface area contributed by atoms with E-state index in [0.717, 1.165) is 36.1 Å². The molecule has 4 heteroatoms. The first-order valence-electron chi connectivity index (χ1n) is 5.05. The van der Waals surface area contributed by atoms with E-state index in [-0.39, 0.29) is 6.04 Å². The molecule has 2 rings (SSSR count). The fraction of sp³-hybridized carbons (Fsp3) is 0.364. The number of hydrogen-bond donors (Lipinski definition) is 3. The molecule has 80 valence electrons. The molecule has 1 aliphatic rings. The second-order valence-corrected chi connectivity index (χ2v) is 3.81. The van der Waals surface area contributed by atoms with Crippen LogP contribution in [0.25, 0.3) is 0 Å². The Bertz CT molecular complexity index is 390. The highest BCUT2D eigenvalue weighted by Crippen LogP contribution is 2.32. The molecule has 0 heterocycles. The third-order valence-electron chi connectivity index (χ3n) is 2.84. The van der Waals surface area contributed by atoms with Crippen LogP contribution in [0.4, 0.5) is 10.5 Å². The Hall–Kier alpha value is -1.71. The number of amides is 1. The number of fused-ring (bicyclic) bond motifs is 1. The molecule has 4 N–H and O–H groups in total. The Kier molecular flexibility index (Phi) is 2.49. The molecule has 0 spiro atoms. The molecule has 1 aromatic carbocycles. The smallest absolute Gasteiger partial charge is 0.405 e. The largest absolute Gasteiger partial charge is 0.465 e. The summed E-state index contributed by atoms with van der Waals surface area (Å²) < 4.78 is 0. The second kappa shape index (κ2) is 3.81. The number of nitrogens with one attached hydrogen (secondary N) is 1. The molecular formula is C11H14N2O2. The van der Waals surface area contributed by atoms with Gasteiger partial charge in [-0.2, -0.15) is 0 Å². The second-order valence-electron chi connectivity index (χ2n) is 3.81. The minimum atomic E-state index is -0.977. The lowest BCUT2D eigenvalue weighted by molar-refractivity contribution is 0.188. The number of nitrogens with two attached hydrogens (primary N) is 1.